The molecule has 0 unspecified atom stereocenters. The first-order chi connectivity index (χ1) is 13.0. The van der Waals surface area contributed by atoms with E-state index in [1.807, 2.05) is 26.0 Å². The van der Waals surface area contributed by atoms with Gasteiger partial charge in [0.15, 0.2) is 6.29 Å². The zero-order valence-corrected chi connectivity index (χ0v) is 17.9. The first-order valence-electron chi connectivity index (χ1n) is 9.61. The number of Topliss-reactive ketones (excluding diaryl/α,β-unsaturated/α-hetero) is 1. The van der Waals surface area contributed by atoms with Crippen molar-refractivity contribution < 1.29 is 19.8 Å². The maximum absolute atomic E-state index is 12.2. The van der Waals surface area contributed by atoms with Gasteiger partial charge in [0.25, 0.3) is 0 Å². The number of phenols is 2. The summed E-state index contributed by atoms with van der Waals surface area (Å²) in [6, 6.07) is 0. The summed E-state index contributed by atoms with van der Waals surface area (Å²) >= 11 is 6.09. The van der Waals surface area contributed by atoms with E-state index in [1.165, 1.54) is 0 Å². The van der Waals surface area contributed by atoms with Crippen LogP contribution >= 0.6 is 11.6 Å². The lowest BCUT2D eigenvalue weighted by Gasteiger charge is -2.42. The molecular formula is C23H29ClO4. The average molecular weight is 405 g/mol. The van der Waals surface area contributed by atoms with Gasteiger partial charge in [0, 0.05) is 17.9 Å². The van der Waals surface area contributed by atoms with Gasteiger partial charge in [-0.25, -0.2) is 0 Å². The lowest BCUT2D eigenvalue weighted by Crippen LogP contribution is -2.40. The zero-order chi connectivity index (χ0) is 21.2. The molecule has 0 spiro atoms. The largest absolute Gasteiger partial charge is 0.507 e. The number of hydrogen-bond acceptors (Lipinski definition) is 4. The lowest BCUT2D eigenvalue weighted by molar-refractivity contribution is -0.129. The lowest BCUT2D eigenvalue weighted by atomic mass is 9.61. The van der Waals surface area contributed by atoms with Crippen LogP contribution in [0.4, 0.5) is 0 Å². The number of aromatic hydroxyl groups is 2. The van der Waals surface area contributed by atoms with Crippen LogP contribution in [0.1, 0.15) is 62.0 Å². The Kier molecular flexibility index (Phi) is 6.76. The van der Waals surface area contributed by atoms with Crippen molar-refractivity contribution in [2.24, 2.45) is 17.3 Å². The van der Waals surface area contributed by atoms with Gasteiger partial charge in [-0.05, 0) is 43.6 Å². The number of benzene rings is 1. The van der Waals surface area contributed by atoms with E-state index in [4.69, 9.17) is 11.6 Å². The Morgan fingerprint density at radius 3 is 2.54 bits per heavy atom. The van der Waals surface area contributed by atoms with Crippen LogP contribution in [0.5, 0.6) is 11.5 Å². The number of allylic oxidation sites excluding steroid dienone is 4. The molecule has 0 radical (unpaired) electrons. The molecule has 1 aromatic carbocycles. The highest BCUT2D eigenvalue weighted by atomic mass is 35.5. The average Bonchev–Trinajstić information content (AvgIpc) is 2.66. The number of phenolic OH excluding ortho intramolecular Hbond substituents is 2. The molecule has 1 aliphatic rings. The number of hydrogen-bond donors (Lipinski definition) is 2. The second kappa shape index (κ2) is 8.52. The molecule has 0 heterocycles. The summed E-state index contributed by atoms with van der Waals surface area (Å²) < 4.78 is 0. The van der Waals surface area contributed by atoms with E-state index in [9.17, 15) is 19.8 Å². The predicted molar refractivity (Wildman–Crippen MR) is 112 cm³/mol. The van der Waals surface area contributed by atoms with Gasteiger partial charge in [0.1, 0.15) is 17.3 Å². The molecule has 2 N–H and O–H groups in total. The number of carbonyl (C=O) groups excluding carboxylic acids is 2. The molecule has 2 rings (SSSR count). The van der Waals surface area contributed by atoms with Crippen LogP contribution < -0.4 is 0 Å². The number of aldehydes is 1. The second-order valence-electron chi connectivity index (χ2n) is 8.13. The van der Waals surface area contributed by atoms with Crippen molar-refractivity contribution >= 4 is 23.7 Å². The van der Waals surface area contributed by atoms with Crippen molar-refractivity contribution in [3.63, 3.8) is 0 Å². The Morgan fingerprint density at radius 2 is 1.93 bits per heavy atom. The minimum Gasteiger partial charge on any atom is -0.507 e. The summed E-state index contributed by atoms with van der Waals surface area (Å²) in [4.78, 5) is 23.4. The molecular weight excluding hydrogens is 376 g/mol. The van der Waals surface area contributed by atoms with Gasteiger partial charge in [-0.3, -0.25) is 9.59 Å². The van der Waals surface area contributed by atoms with Crippen LogP contribution in [0.15, 0.2) is 23.8 Å². The highest BCUT2D eigenvalue weighted by Crippen LogP contribution is 2.45. The van der Waals surface area contributed by atoms with Crippen LogP contribution in [0.25, 0.3) is 0 Å². The van der Waals surface area contributed by atoms with Crippen molar-refractivity contribution in [2.45, 2.75) is 53.9 Å². The molecule has 4 nitrogen and oxygen atoms in total. The van der Waals surface area contributed by atoms with Gasteiger partial charge in [-0.2, -0.15) is 0 Å². The normalized spacial score (nSPS) is 26.1. The maximum Gasteiger partial charge on any atom is 0.154 e. The third-order valence-electron chi connectivity index (χ3n) is 6.52. The van der Waals surface area contributed by atoms with Crippen LogP contribution in [0.3, 0.4) is 0 Å². The first-order valence-corrected chi connectivity index (χ1v) is 9.99. The summed E-state index contributed by atoms with van der Waals surface area (Å²) in [6.45, 7) is 9.79. The van der Waals surface area contributed by atoms with Gasteiger partial charge in [0.2, 0.25) is 0 Å². The molecule has 1 aromatic rings. The van der Waals surface area contributed by atoms with E-state index in [0.29, 0.717) is 30.0 Å². The molecule has 28 heavy (non-hydrogen) atoms. The van der Waals surface area contributed by atoms with Crippen molar-refractivity contribution in [3.8, 4) is 11.5 Å². The maximum atomic E-state index is 12.2. The highest BCUT2D eigenvalue weighted by molar-refractivity contribution is 6.33. The van der Waals surface area contributed by atoms with Crippen molar-refractivity contribution in [3.05, 3.63) is 45.5 Å². The SMILES string of the molecule is CC(/C=C/[C@]1(C)[C@H](C)CCC(=O)[C@@H]1C)=C\Cc1c(O)c(Cl)c(C)c(C=O)c1O. The third kappa shape index (κ3) is 4.02. The van der Waals surface area contributed by atoms with Crippen LogP contribution in [0.2, 0.25) is 5.02 Å². The number of halogens is 1. The van der Waals surface area contributed by atoms with E-state index in [1.54, 1.807) is 6.92 Å². The van der Waals surface area contributed by atoms with Crippen LogP contribution in [-0.4, -0.2) is 22.3 Å². The smallest absolute Gasteiger partial charge is 0.154 e. The second-order valence-corrected chi connectivity index (χ2v) is 8.50. The summed E-state index contributed by atoms with van der Waals surface area (Å²) in [5.41, 5.74) is 1.41. The number of ketones is 1. The molecule has 3 atom stereocenters. The molecule has 0 bridgehead atoms. The minimum atomic E-state index is -0.241. The van der Waals surface area contributed by atoms with E-state index in [2.05, 4.69) is 19.9 Å². The molecule has 0 saturated heterocycles. The van der Waals surface area contributed by atoms with E-state index in [-0.39, 0.29) is 45.4 Å². The molecule has 5 heteroatoms. The minimum absolute atomic E-state index is 0.0283. The Labute approximate surface area is 171 Å². The summed E-state index contributed by atoms with van der Waals surface area (Å²) in [6.07, 6.45) is 8.25. The Hall–Kier alpha value is -2.07. The quantitative estimate of drug-likeness (QED) is 0.497. The Morgan fingerprint density at radius 1 is 1.29 bits per heavy atom. The van der Waals surface area contributed by atoms with Gasteiger partial charge >= 0.3 is 0 Å². The molecule has 1 saturated carbocycles. The van der Waals surface area contributed by atoms with E-state index >= 15 is 0 Å². The summed E-state index contributed by atoms with van der Waals surface area (Å²) in [5, 5.41) is 20.7. The predicted octanol–water partition coefficient (Wildman–Crippen LogP) is 5.56. The van der Waals surface area contributed by atoms with E-state index in [0.717, 1.165) is 12.0 Å². The summed E-state index contributed by atoms with van der Waals surface area (Å²) in [5.74, 6) is 0.233. The van der Waals surface area contributed by atoms with E-state index < -0.39 is 0 Å². The standard InChI is InChI=1S/C23H29ClO4/c1-13(10-11-23(5)14(2)7-9-19(26)16(23)4)6-8-17-21(27)18(12-25)15(3)20(24)22(17)28/h6,10-12,14,16,27-28H,7-9H2,1-5H3/b11-10+,13-6+/t14-,16+,23-/m1/s1. The topological polar surface area (TPSA) is 74.6 Å². The number of carbonyl (C=O) groups is 2. The van der Waals surface area contributed by atoms with Crippen molar-refractivity contribution in [1.82, 2.24) is 0 Å². The first kappa shape index (κ1) is 22.2. The third-order valence-corrected chi connectivity index (χ3v) is 6.98. The molecule has 1 aliphatic carbocycles. The molecule has 1 fully saturated rings. The van der Waals surface area contributed by atoms with Gasteiger partial charge in [-0.15, -0.1) is 0 Å². The Balaban J connectivity index is 2.28. The van der Waals surface area contributed by atoms with Gasteiger partial charge in [-0.1, -0.05) is 56.2 Å². The van der Waals surface area contributed by atoms with Crippen LogP contribution in [0, 0.1) is 24.2 Å². The van der Waals surface area contributed by atoms with Crippen molar-refractivity contribution in [2.75, 3.05) is 0 Å². The van der Waals surface area contributed by atoms with Gasteiger partial charge in [0.05, 0.1) is 10.6 Å². The van der Waals surface area contributed by atoms with Crippen LogP contribution in [-0.2, 0) is 11.2 Å². The molecule has 0 aromatic heterocycles. The fraction of sp³-hybridized carbons (Fsp3) is 0.478. The van der Waals surface area contributed by atoms with Crippen molar-refractivity contribution in [1.29, 1.82) is 0 Å². The molecule has 0 amide bonds. The Bertz CT molecular complexity index is 853. The number of rotatable bonds is 5. The fourth-order valence-electron chi connectivity index (χ4n) is 3.83. The molecule has 0 aliphatic heterocycles. The fourth-order valence-corrected chi connectivity index (χ4v) is 4.04. The monoisotopic (exact) mass is 404 g/mol. The highest BCUT2D eigenvalue weighted by Gasteiger charge is 2.41. The zero-order valence-electron chi connectivity index (χ0n) is 17.2. The molecule has 152 valence electrons. The van der Waals surface area contributed by atoms with Gasteiger partial charge < -0.3 is 10.2 Å². The summed E-state index contributed by atoms with van der Waals surface area (Å²) in [7, 11) is 0.